The number of allylic oxidation sites excluding steroid dienone is 1. The van der Waals surface area contributed by atoms with E-state index in [0.29, 0.717) is 29.1 Å². The Labute approximate surface area is 193 Å². The van der Waals surface area contributed by atoms with E-state index >= 15 is 0 Å². The molecular formula is C27H42O5. The molecule has 8 atom stereocenters. The minimum absolute atomic E-state index is 0.00734. The molecule has 4 saturated carbocycles. The first-order chi connectivity index (χ1) is 15.0. The van der Waals surface area contributed by atoms with E-state index < -0.39 is 11.6 Å². The van der Waals surface area contributed by atoms with Gasteiger partial charge in [0.2, 0.25) is 0 Å². The zero-order chi connectivity index (χ0) is 23.3. The van der Waals surface area contributed by atoms with Crippen molar-refractivity contribution in [2.75, 3.05) is 6.61 Å². The molecule has 0 aromatic rings. The van der Waals surface area contributed by atoms with Crippen molar-refractivity contribution in [1.29, 1.82) is 0 Å². The Morgan fingerprint density at radius 1 is 0.938 bits per heavy atom. The van der Waals surface area contributed by atoms with Crippen molar-refractivity contribution in [1.82, 2.24) is 0 Å². The summed E-state index contributed by atoms with van der Waals surface area (Å²) in [7, 11) is 0. The van der Waals surface area contributed by atoms with Crippen molar-refractivity contribution in [3.8, 4) is 0 Å². The lowest BCUT2D eigenvalue weighted by Crippen LogP contribution is -2.55. The second kappa shape index (κ2) is 8.45. The van der Waals surface area contributed by atoms with Gasteiger partial charge in [0.15, 0.2) is 5.78 Å². The van der Waals surface area contributed by atoms with Crippen LogP contribution in [-0.4, -0.2) is 34.2 Å². The Bertz CT molecular complexity index is 772. The molecule has 4 rings (SSSR count). The summed E-state index contributed by atoms with van der Waals surface area (Å²) < 4.78 is 5.24. The molecule has 0 aliphatic heterocycles. The molecule has 32 heavy (non-hydrogen) atoms. The highest BCUT2D eigenvalue weighted by Gasteiger charge is 2.61. The molecule has 0 heterocycles. The molecule has 2 N–H and O–H groups in total. The van der Waals surface area contributed by atoms with E-state index in [2.05, 4.69) is 20.4 Å². The number of carbonyl (C=O) groups excluding carboxylic acids is 2. The van der Waals surface area contributed by atoms with Crippen molar-refractivity contribution >= 4 is 11.8 Å². The third-order valence-electron chi connectivity index (χ3n) is 10.3. The number of ether oxygens (including phenoxy) is 1. The molecule has 5 nitrogen and oxygen atoms in total. The first-order valence-corrected chi connectivity index (χ1v) is 12.7. The van der Waals surface area contributed by atoms with E-state index in [4.69, 9.17) is 9.84 Å². The third kappa shape index (κ3) is 4.15. The summed E-state index contributed by atoms with van der Waals surface area (Å²) in [5.41, 5.74) is -0.179. The lowest BCUT2D eigenvalue weighted by molar-refractivity contribution is -0.156. The molecule has 0 radical (unpaired) electrons. The molecule has 0 bridgehead atoms. The maximum absolute atomic E-state index is 13.1. The SMILES string of the molecule is C=C(O)CCC(=O)OCC(=O)[C@H]1CC[C@H]2[C@@H]3CCC4C[C@](C)(O)CC[C@]4(C)C3CC[C@]12C. The van der Waals surface area contributed by atoms with Gasteiger partial charge < -0.3 is 14.9 Å². The van der Waals surface area contributed by atoms with Gasteiger partial charge in [-0.1, -0.05) is 20.4 Å². The number of hydrogen-bond donors (Lipinski definition) is 2. The van der Waals surface area contributed by atoms with Crippen LogP contribution in [-0.2, 0) is 14.3 Å². The second-order valence-corrected chi connectivity index (χ2v) is 12.2. The van der Waals surface area contributed by atoms with Crippen LogP contribution in [0.2, 0.25) is 0 Å². The fourth-order valence-electron chi connectivity index (χ4n) is 8.53. The Kier molecular flexibility index (Phi) is 6.28. The van der Waals surface area contributed by atoms with Gasteiger partial charge in [-0.15, -0.1) is 0 Å². The van der Waals surface area contributed by atoms with Crippen LogP contribution in [0, 0.1) is 40.4 Å². The molecule has 0 saturated heterocycles. The molecule has 0 aromatic carbocycles. The minimum atomic E-state index is -0.507. The predicted molar refractivity (Wildman–Crippen MR) is 123 cm³/mol. The van der Waals surface area contributed by atoms with Crippen molar-refractivity contribution in [3.05, 3.63) is 12.3 Å². The summed E-state index contributed by atoms with van der Waals surface area (Å²) in [4.78, 5) is 25.0. The first-order valence-electron chi connectivity index (χ1n) is 12.7. The highest BCUT2D eigenvalue weighted by molar-refractivity contribution is 5.85. The number of fused-ring (bicyclic) bond motifs is 5. The van der Waals surface area contributed by atoms with Gasteiger partial charge in [0.1, 0.15) is 6.61 Å². The van der Waals surface area contributed by atoms with Crippen LogP contribution in [0.1, 0.15) is 91.4 Å². The zero-order valence-corrected chi connectivity index (χ0v) is 20.2. The summed E-state index contributed by atoms with van der Waals surface area (Å²) in [6.07, 6.45) is 9.88. The lowest BCUT2D eigenvalue weighted by atomic mass is 9.44. The van der Waals surface area contributed by atoms with Gasteiger partial charge in [0.25, 0.3) is 0 Å². The summed E-state index contributed by atoms with van der Waals surface area (Å²) >= 11 is 0. The average molecular weight is 447 g/mol. The monoisotopic (exact) mass is 446 g/mol. The number of ketones is 1. The normalized spacial score (nSPS) is 45.3. The van der Waals surface area contributed by atoms with Gasteiger partial charge in [-0.05, 0) is 99.2 Å². The van der Waals surface area contributed by atoms with Crippen molar-refractivity contribution in [2.24, 2.45) is 40.4 Å². The standard InChI is InChI=1S/C27H42O5/c1-17(28)5-10-24(30)32-16-23(29)22-9-8-20-19-7-6-18-15-25(2,31)13-14-26(18,3)21(19)11-12-27(20,22)4/h18-22,28,31H,1,5-16H2,2-4H3/t18?,19-,20-,21?,22+,25+,26-,27-/m0/s1. The molecule has 4 aliphatic carbocycles. The van der Waals surface area contributed by atoms with Gasteiger partial charge >= 0.3 is 5.97 Å². The average Bonchev–Trinajstić information content (AvgIpc) is 3.08. The Morgan fingerprint density at radius 2 is 1.66 bits per heavy atom. The zero-order valence-electron chi connectivity index (χ0n) is 20.2. The number of Topliss-reactive ketones (excluding diaryl/α,β-unsaturated/α-hetero) is 1. The molecular weight excluding hydrogens is 404 g/mol. The molecule has 180 valence electrons. The number of hydrogen-bond acceptors (Lipinski definition) is 5. The number of aliphatic hydroxyl groups is 2. The van der Waals surface area contributed by atoms with Crippen molar-refractivity contribution in [2.45, 2.75) is 97.0 Å². The van der Waals surface area contributed by atoms with Crippen molar-refractivity contribution < 1.29 is 24.5 Å². The maximum Gasteiger partial charge on any atom is 0.306 e. The second-order valence-electron chi connectivity index (χ2n) is 12.2. The molecule has 0 aromatic heterocycles. The van der Waals surface area contributed by atoms with Crippen LogP contribution in [0.5, 0.6) is 0 Å². The van der Waals surface area contributed by atoms with Crippen LogP contribution >= 0.6 is 0 Å². The Hall–Kier alpha value is -1.36. The van der Waals surface area contributed by atoms with Crippen LogP contribution in [0.25, 0.3) is 0 Å². The van der Waals surface area contributed by atoms with Crippen molar-refractivity contribution in [3.63, 3.8) is 0 Å². The lowest BCUT2D eigenvalue weighted by Gasteiger charge is -2.61. The Morgan fingerprint density at radius 3 is 2.38 bits per heavy atom. The third-order valence-corrected chi connectivity index (χ3v) is 10.3. The van der Waals surface area contributed by atoms with Crippen LogP contribution in [0.4, 0.5) is 0 Å². The number of aliphatic hydroxyl groups excluding tert-OH is 1. The quantitative estimate of drug-likeness (QED) is 0.424. The van der Waals surface area contributed by atoms with Crippen LogP contribution in [0.15, 0.2) is 12.3 Å². The molecule has 2 unspecified atom stereocenters. The Balaban J connectivity index is 1.41. The predicted octanol–water partition coefficient (Wildman–Crippen LogP) is 5.36. The molecule has 0 amide bonds. The van der Waals surface area contributed by atoms with Gasteiger partial charge in [-0.25, -0.2) is 0 Å². The fourth-order valence-corrected chi connectivity index (χ4v) is 8.53. The first kappa shape index (κ1) is 23.8. The summed E-state index contributed by atoms with van der Waals surface area (Å²) in [6.45, 7) is 10.1. The van der Waals surface area contributed by atoms with Crippen LogP contribution in [0.3, 0.4) is 0 Å². The highest BCUT2D eigenvalue weighted by Crippen LogP contribution is 2.68. The smallest absolute Gasteiger partial charge is 0.306 e. The van der Waals surface area contributed by atoms with Gasteiger partial charge in [-0.3, -0.25) is 9.59 Å². The number of rotatable bonds is 6. The van der Waals surface area contributed by atoms with Gasteiger partial charge in [0, 0.05) is 12.3 Å². The fraction of sp³-hybridized carbons (Fsp3) is 0.852. The van der Waals surface area contributed by atoms with E-state index in [9.17, 15) is 14.7 Å². The number of esters is 1. The molecule has 0 spiro atoms. The van der Waals surface area contributed by atoms with E-state index in [1.165, 1.54) is 19.3 Å². The summed E-state index contributed by atoms with van der Waals surface area (Å²) in [5.74, 6) is 2.12. The minimum Gasteiger partial charge on any atom is -0.513 e. The maximum atomic E-state index is 13.1. The highest BCUT2D eigenvalue weighted by atomic mass is 16.5. The molecule has 4 fully saturated rings. The van der Waals surface area contributed by atoms with E-state index in [0.717, 1.165) is 38.5 Å². The summed E-state index contributed by atoms with van der Waals surface area (Å²) in [6, 6.07) is 0. The topological polar surface area (TPSA) is 83.8 Å². The van der Waals surface area contributed by atoms with Crippen LogP contribution < -0.4 is 0 Å². The molecule has 4 aliphatic rings. The van der Waals surface area contributed by atoms with E-state index in [1.807, 2.05) is 6.92 Å². The number of carbonyl (C=O) groups is 2. The van der Waals surface area contributed by atoms with Gasteiger partial charge in [0.05, 0.1) is 17.8 Å². The van der Waals surface area contributed by atoms with E-state index in [1.54, 1.807) is 0 Å². The summed E-state index contributed by atoms with van der Waals surface area (Å²) in [5, 5.41) is 19.8. The van der Waals surface area contributed by atoms with E-state index in [-0.39, 0.29) is 42.3 Å². The molecule has 5 heteroatoms. The van der Waals surface area contributed by atoms with Gasteiger partial charge in [-0.2, -0.15) is 0 Å². The largest absolute Gasteiger partial charge is 0.513 e.